The number of amides is 1. The van der Waals surface area contributed by atoms with Crippen LogP contribution in [0.1, 0.15) is 29.7 Å². The average Bonchev–Trinajstić information content (AvgIpc) is 2.98. The number of aliphatic hydroxyl groups is 1. The van der Waals surface area contributed by atoms with Gasteiger partial charge < -0.3 is 24.6 Å². The molecular weight excluding hydrogens is 386 g/mol. The quantitative estimate of drug-likeness (QED) is 0.413. The molecule has 1 atom stereocenters. The lowest BCUT2D eigenvalue weighted by Gasteiger charge is -2.25. The number of carbonyl (C=O) groups is 2. The highest BCUT2D eigenvalue weighted by Gasteiger charge is 2.46. The van der Waals surface area contributed by atoms with Crippen LogP contribution in [0.4, 0.5) is 0 Å². The standard InChI is InChI=1S/C23H25NO6/c1-4-30-18-13-16(9-10-17(18)25)20-19(21(26)15-7-5-14(2)6-8-15)22(27)23(28)24(20)11-12-29-3/h5-10,13,20,25-26H,4,11-12H2,1-3H3/b21-19+. The van der Waals surface area contributed by atoms with Crippen LogP contribution in [0.15, 0.2) is 48.0 Å². The number of methoxy groups -OCH3 is 1. The normalized spacial score (nSPS) is 18.1. The first-order valence-electron chi connectivity index (χ1n) is 9.69. The van der Waals surface area contributed by atoms with Gasteiger partial charge in [0.25, 0.3) is 11.7 Å². The molecule has 0 bridgehead atoms. The third kappa shape index (κ3) is 4.02. The molecule has 158 valence electrons. The number of ether oxygens (including phenoxy) is 2. The van der Waals surface area contributed by atoms with E-state index in [9.17, 15) is 19.8 Å². The second kappa shape index (κ2) is 9.00. The number of hydrogen-bond acceptors (Lipinski definition) is 6. The topological polar surface area (TPSA) is 96.3 Å². The van der Waals surface area contributed by atoms with Crippen molar-refractivity contribution in [2.75, 3.05) is 26.9 Å². The van der Waals surface area contributed by atoms with Crippen molar-refractivity contribution in [3.63, 3.8) is 0 Å². The Morgan fingerprint density at radius 2 is 1.83 bits per heavy atom. The summed E-state index contributed by atoms with van der Waals surface area (Å²) < 4.78 is 10.6. The van der Waals surface area contributed by atoms with Gasteiger partial charge in [-0.25, -0.2) is 0 Å². The van der Waals surface area contributed by atoms with Gasteiger partial charge >= 0.3 is 0 Å². The van der Waals surface area contributed by atoms with Crippen LogP contribution >= 0.6 is 0 Å². The number of benzene rings is 2. The summed E-state index contributed by atoms with van der Waals surface area (Å²) in [6, 6.07) is 10.8. The van der Waals surface area contributed by atoms with Crippen molar-refractivity contribution in [1.82, 2.24) is 4.90 Å². The second-order valence-corrected chi connectivity index (χ2v) is 7.01. The minimum Gasteiger partial charge on any atom is -0.507 e. The first-order chi connectivity index (χ1) is 14.4. The summed E-state index contributed by atoms with van der Waals surface area (Å²) in [4.78, 5) is 27.0. The van der Waals surface area contributed by atoms with Crippen molar-refractivity contribution in [3.8, 4) is 11.5 Å². The summed E-state index contributed by atoms with van der Waals surface area (Å²) >= 11 is 0. The Kier molecular flexibility index (Phi) is 6.42. The van der Waals surface area contributed by atoms with E-state index in [1.54, 1.807) is 31.2 Å². The fourth-order valence-electron chi connectivity index (χ4n) is 3.49. The maximum Gasteiger partial charge on any atom is 0.295 e. The Balaban J connectivity index is 2.17. The molecule has 0 radical (unpaired) electrons. The van der Waals surface area contributed by atoms with Crippen molar-refractivity contribution in [1.29, 1.82) is 0 Å². The highest BCUT2D eigenvalue weighted by atomic mass is 16.5. The summed E-state index contributed by atoms with van der Waals surface area (Å²) in [5.41, 5.74) is 1.98. The van der Waals surface area contributed by atoms with E-state index in [1.165, 1.54) is 18.1 Å². The molecule has 1 amide bonds. The molecule has 1 saturated heterocycles. The zero-order chi connectivity index (χ0) is 21.8. The predicted molar refractivity (Wildman–Crippen MR) is 111 cm³/mol. The molecule has 2 aromatic carbocycles. The molecule has 0 spiro atoms. The third-order valence-electron chi connectivity index (χ3n) is 5.00. The Labute approximate surface area is 175 Å². The molecule has 7 nitrogen and oxygen atoms in total. The molecule has 0 saturated carbocycles. The summed E-state index contributed by atoms with van der Waals surface area (Å²) in [5.74, 6) is -1.53. The molecule has 30 heavy (non-hydrogen) atoms. The van der Waals surface area contributed by atoms with Crippen LogP contribution in [0, 0.1) is 6.92 Å². The smallest absolute Gasteiger partial charge is 0.295 e. The number of phenols is 1. The number of nitrogens with zero attached hydrogens (tertiary/aromatic N) is 1. The van der Waals surface area contributed by atoms with Gasteiger partial charge in [0, 0.05) is 19.2 Å². The van der Waals surface area contributed by atoms with E-state index < -0.39 is 17.7 Å². The van der Waals surface area contributed by atoms with Gasteiger partial charge in [0.15, 0.2) is 11.5 Å². The largest absolute Gasteiger partial charge is 0.507 e. The Morgan fingerprint density at radius 3 is 2.47 bits per heavy atom. The predicted octanol–water partition coefficient (Wildman–Crippen LogP) is 3.17. The molecule has 1 unspecified atom stereocenters. The molecule has 1 aliphatic heterocycles. The minimum atomic E-state index is -0.832. The summed E-state index contributed by atoms with van der Waals surface area (Å²) in [5, 5.41) is 21.0. The number of phenolic OH excluding ortho intramolecular Hbond substituents is 1. The number of carbonyl (C=O) groups excluding carboxylic acids is 2. The number of aromatic hydroxyl groups is 1. The van der Waals surface area contributed by atoms with Crippen molar-refractivity contribution in [2.45, 2.75) is 19.9 Å². The van der Waals surface area contributed by atoms with Crippen molar-refractivity contribution >= 4 is 17.4 Å². The summed E-state index contributed by atoms with van der Waals surface area (Å²) in [7, 11) is 1.51. The van der Waals surface area contributed by atoms with Crippen LogP contribution in [0.25, 0.3) is 5.76 Å². The molecular formula is C23H25NO6. The lowest BCUT2D eigenvalue weighted by atomic mass is 9.94. The minimum absolute atomic E-state index is 0.00639. The number of aryl methyl sites for hydroxylation is 1. The van der Waals surface area contributed by atoms with Crippen molar-refractivity contribution in [3.05, 3.63) is 64.7 Å². The fraction of sp³-hybridized carbons (Fsp3) is 0.304. The number of rotatable bonds is 7. The van der Waals surface area contributed by atoms with Crippen LogP contribution in [-0.4, -0.2) is 53.7 Å². The summed E-state index contributed by atoms with van der Waals surface area (Å²) in [6.07, 6.45) is 0. The highest BCUT2D eigenvalue weighted by Crippen LogP contribution is 2.41. The monoisotopic (exact) mass is 411 g/mol. The maximum absolute atomic E-state index is 12.9. The van der Waals surface area contributed by atoms with Gasteiger partial charge in [-0.05, 0) is 31.5 Å². The molecule has 0 aliphatic carbocycles. The van der Waals surface area contributed by atoms with Crippen molar-refractivity contribution < 1.29 is 29.3 Å². The molecule has 0 aromatic heterocycles. The maximum atomic E-state index is 12.9. The average molecular weight is 411 g/mol. The molecule has 1 heterocycles. The Hall–Kier alpha value is -3.32. The number of Topliss-reactive ketones (excluding diaryl/α,β-unsaturated/α-hetero) is 1. The SMILES string of the molecule is CCOc1cc(C2/C(=C(\O)c3ccc(C)cc3)C(=O)C(=O)N2CCOC)ccc1O. The second-order valence-electron chi connectivity index (χ2n) is 7.01. The first kappa shape index (κ1) is 21.4. The zero-order valence-corrected chi connectivity index (χ0v) is 17.2. The van der Waals surface area contributed by atoms with Gasteiger partial charge in [-0.2, -0.15) is 0 Å². The lowest BCUT2D eigenvalue weighted by Crippen LogP contribution is -2.32. The molecule has 7 heteroatoms. The highest BCUT2D eigenvalue weighted by molar-refractivity contribution is 6.46. The molecule has 1 fully saturated rings. The fourth-order valence-corrected chi connectivity index (χ4v) is 3.49. The van der Waals surface area contributed by atoms with Crippen LogP contribution < -0.4 is 4.74 Å². The van der Waals surface area contributed by atoms with E-state index in [2.05, 4.69) is 0 Å². The van der Waals surface area contributed by atoms with Gasteiger partial charge in [0.05, 0.1) is 24.8 Å². The van der Waals surface area contributed by atoms with E-state index >= 15 is 0 Å². The zero-order valence-electron chi connectivity index (χ0n) is 17.2. The van der Waals surface area contributed by atoms with Crippen LogP contribution in [0.2, 0.25) is 0 Å². The van der Waals surface area contributed by atoms with Crippen LogP contribution in [0.3, 0.4) is 0 Å². The van der Waals surface area contributed by atoms with Crippen LogP contribution in [0.5, 0.6) is 11.5 Å². The van der Waals surface area contributed by atoms with Gasteiger partial charge in [-0.3, -0.25) is 9.59 Å². The number of hydrogen-bond donors (Lipinski definition) is 2. The third-order valence-corrected chi connectivity index (χ3v) is 5.00. The molecule has 1 aliphatic rings. The molecule has 3 rings (SSSR count). The number of likely N-dealkylation sites (tertiary alicyclic amines) is 1. The van der Waals surface area contributed by atoms with Gasteiger partial charge in [-0.15, -0.1) is 0 Å². The Bertz CT molecular complexity index is 980. The Morgan fingerprint density at radius 1 is 1.13 bits per heavy atom. The van der Waals surface area contributed by atoms with E-state index in [1.807, 2.05) is 19.1 Å². The first-order valence-corrected chi connectivity index (χ1v) is 9.69. The lowest BCUT2D eigenvalue weighted by molar-refractivity contribution is -0.140. The van der Waals surface area contributed by atoms with Crippen LogP contribution in [-0.2, 0) is 14.3 Å². The summed E-state index contributed by atoms with van der Waals surface area (Å²) in [6.45, 7) is 4.43. The van der Waals surface area contributed by atoms with E-state index in [4.69, 9.17) is 9.47 Å². The number of ketones is 1. The number of aliphatic hydroxyl groups excluding tert-OH is 1. The molecule has 2 N–H and O–H groups in total. The van der Waals surface area contributed by atoms with Gasteiger partial charge in [-0.1, -0.05) is 35.9 Å². The van der Waals surface area contributed by atoms with E-state index in [-0.39, 0.29) is 36.0 Å². The molecule has 2 aromatic rings. The van der Waals surface area contributed by atoms with E-state index in [0.29, 0.717) is 17.7 Å². The van der Waals surface area contributed by atoms with Gasteiger partial charge in [0.1, 0.15) is 5.76 Å². The van der Waals surface area contributed by atoms with E-state index in [0.717, 1.165) is 5.56 Å². The van der Waals surface area contributed by atoms with Gasteiger partial charge in [0.2, 0.25) is 0 Å². The van der Waals surface area contributed by atoms with Crippen molar-refractivity contribution in [2.24, 2.45) is 0 Å².